The van der Waals surface area contributed by atoms with Crippen LogP contribution >= 0.6 is 11.8 Å². The fourth-order valence-electron chi connectivity index (χ4n) is 3.13. The number of para-hydroxylation sites is 2. The normalized spacial score (nSPS) is 14.4. The Hall–Kier alpha value is -2.48. The molecule has 1 aliphatic heterocycles. The molecule has 2 heterocycles. The van der Waals surface area contributed by atoms with Crippen molar-refractivity contribution < 1.29 is 9.53 Å². The molecule has 0 aliphatic carbocycles. The predicted octanol–water partition coefficient (Wildman–Crippen LogP) is 2.34. The van der Waals surface area contributed by atoms with Crippen molar-refractivity contribution in [1.82, 2.24) is 14.9 Å². The molecule has 1 N–H and O–H groups in total. The van der Waals surface area contributed by atoms with E-state index in [0.29, 0.717) is 18.2 Å². The Kier molecular flexibility index (Phi) is 6.61. The maximum Gasteiger partial charge on any atom is 0.251 e. The lowest BCUT2D eigenvalue weighted by Gasteiger charge is -2.36. The van der Waals surface area contributed by atoms with Crippen LogP contribution < -0.4 is 15.2 Å². The summed E-state index contributed by atoms with van der Waals surface area (Å²) in [5, 5.41) is 0.497. The van der Waals surface area contributed by atoms with Gasteiger partial charge in [-0.05, 0) is 18.1 Å². The van der Waals surface area contributed by atoms with Gasteiger partial charge in [0.2, 0.25) is 5.91 Å². The topological polar surface area (TPSA) is 78.5 Å². The van der Waals surface area contributed by atoms with Crippen LogP contribution in [0, 0.1) is 0 Å². The van der Waals surface area contributed by atoms with Crippen molar-refractivity contribution in [2.24, 2.45) is 0 Å². The molecule has 0 atom stereocenters. The summed E-state index contributed by atoms with van der Waals surface area (Å²) in [7, 11) is 1.67. The summed E-state index contributed by atoms with van der Waals surface area (Å²) in [6.45, 7) is 6.81. The average Bonchev–Trinajstić information content (AvgIpc) is 2.71. The van der Waals surface area contributed by atoms with E-state index in [1.165, 1.54) is 17.8 Å². The highest BCUT2D eigenvalue weighted by atomic mass is 32.2. The minimum absolute atomic E-state index is 0.0577. The van der Waals surface area contributed by atoms with E-state index < -0.39 is 0 Å². The predicted molar refractivity (Wildman–Crippen MR) is 111 cm³/mol. The molecule has 1 fully saturated rings. The molecule has 150 valence electrons. The lowest BCUT2D eigenvalue weighted by molar-refractivity contribution is -0.128. The van der Waals surface area contributed by atoms with Gasteiger partial charge < -0.3 is 19.5 Å². The smallest absolute Gasteiger partial charge is 0.251 e. The zero-order valence-electron chi connectivity index (χ0n) is 16.5. The second-order valence-electron chi connectivity index (χ2n) is 6.96. The average molecular weight is 403 g/mol. The van der Waals surface area contributed by atoms with Crippen molar-refractivity contribution in [3.63, 3.8) is 0 Å². The Morgan fingerprint density at radius 3 is 2.64 bits per heavy atom. The summed E-state index contributed by atoms with van der Waals surface area (Å²) in [6.07, 6.45) is 0. The first-order chi connectivity index (χ1) is 13.5. The van der Waals surface area contributed by atoms with Crippen LogP contribution in [0.1, 0.15) is 25.5 Å². The summed E-state index contributed by atoms with van der Waals surface area (Å²) < 4.78 is 5.43. The number of hydrogen-bond acceptors (Lipinski definition) is 6. The number of nitrogens with one attached hydrogen (secondary N) is 1. The summed E-state index contributed by atoms with van der Waals surface area (Å²) in [6, 6.07) is 9.43. The van der Waals surface area contributed by atoms with Crippen molar-refractivity contribution in [3.05, 3.63) is 46.4 Å². The lowest BCUT2D eigenvalue weighted by atomic mass is 10.1. The van der Waals surface area contributed by atoms with Gasteiger partial charge in [0.15, 0.2) is 5.16 Å². The van der Waals surface area contributed by atoms with Gasteiger partial charge in [-0.2, -0.15) is 0 Å². The molecule has 1 amide bonds. The number of hydrogen-bond donors (Lipinski definition) is 1. The number of carbonyl (C=O) groups is 1. The molecule has 0 spiro atoms. The van der Waals surface area contributed by atoms with E-state index in [9.17, 15) is 9.59 Å². The molecule has 0 bridgehead atoms. The molecule has 1 aromatic heterocycles. The van der Waals surface area contributed by atoms with Crippen molar-refractivity contribution >= 4 is 23.4 Å². The molecule has 1 aromatic carbocycles. The van der Waals surface area contributed by atoms with Crippen LogP contribution in [0.2, 0.25) is 0 Å². The molecule has 28 heavy (non-hydrogen) atoms. The van der Waals surface area contributed by atoms with E-state index in [4.69, 9.17) is 4.74 Å². The third-order valence-corrected chi connectivity index (χ3v) is 5.58. The molecule has 0 saturated carbocycles. The van der Waals surface area contributed by atoms with Gasteiger partial charge in [-0.1, -0.05) is 37.7 Å². The number of H-pyrrole nitrogens is 1. The van der Waals surface area contributed by atoms with Crippen LogP contribution in [0.15, 0.2) is 40.3 Å². The number of amides is 1. The number of piperazine rings is 1. The van der Waals surface area contributed by atoms with E-state index in [0.717, 1.165) is 30.2 Å². The molecular formula is C20H26N4O3S. The van der Waals surface area contributed by atoms with Gasteiger partial charge in [0.25, 0.3) is 5.56 Å². The van der Waals surface area contributed by atoms with Crippen molar-refractivity contribution in [1.29, 1.82) is 0 Å². The highest BCUT2D eigenvalue weighted by molar-refractivity contribution is 7.99. The summed E-state index contributed by atoms with van der Waals surface area (Å²) in [4.78, 5) is 35.6. The molecule has 1 saturated heterocycles. The van der Waals surface area contributed by atoms with Crippen LogP contribution in [0.3, 0.4) is 0 Å². The Balaban J connectivity index is 1.55. The first-order valence-corrected chi connectivity index (χ1v) is 10.4. The van der Waals surface area contributed by atoms with Crippen LogP contribution in [-0.4, -0.2) is 59.8 Å². The first-order valence-electron chi connectivity index (χ1n) is 9.37. The van der Waals surface area contributed by atoms with Gasteiger partial charge in [0.1, 0.15) is 5.75 Å². The molecule has 7 nitrogen and oxygen atoms in total. The van der Waals surface area contributed by atoms with Gasteiger partial charge in [-0.25, -0.2) is 4.98 Å². The molecule has 0 unspecified atom stereocenters. The Morgan fingerprint density at radius 2 is 1.96 bits per heavy atom. The van der Waals surface area contributed by atoms with Crippen LogP contribution in [0.5, 0.6) is 5.75 Å². The SMILES string of the molecule is COc1ccccc1N1CCN(C(=O)CSc2nc(C(C)C)cc(=O)[nH]2)CC1. The number of carbonyl (C=O) groups excluding carboxylic acids is 1. The van der Waals surface area contributed by atoms with E-state index in [1.54, 1.807) is 7.11 Å². The minimum atomic E-state index is -0.181. The zero-order chi connectivity index (χ0) is 20.1. The number of ether oxygens (including phenoxy) is 1. The summed E-state index contributed by atoms with van der Waals surface area (Å²) >= 11 is 1.28. The van der Waals surface area contributed by atoms with Crippen molar-refractivity contribution in [2.45, 2.75) is 24.9 Å². The molecular weight excluding hydrogens is 376 g/mol. The van der Waals surface area contributed by atoms with Gasteiger partial charge in [0, 0.05) is 32.2 Å². The number of benzene rings is 1. The van der Waals surface area contributed by atoms with E-state index in [2.05, 4.69) is 14.9 Å². The Morgan fingerprint density at radius 1 is 1.25 bits per heavy atom. The van der Waals surface area contributed by atoms with Crippen LogP contribution in [-0.2, 0) is 4.79 Å². The molecule has 3 rings (SSSR count). The largest absolute Gasteiger partial charge is 0.495 e. The zero-order valence-corrected chi connectivity index (χ0v) is 17.3. The number of aromatic nitrogens is 2. The molecule has 1 aliphatic rings. The Bertz CT molecular complexity index is 876. The van der Waals surface area contributed by atoms with Crippen molar-refractivity contribution in [2.75, 3.05) is 43.9 Å². The number of methoxy groups -OCH3 is 1. The fraction of sp³-hybridized carbons (Fsp3) is 0.450. The van der Waals surface area contributed by atoms with Gasteiger partial charge >= 0.3 is 0 Å². The highest BCUT2D eigenvalue weighted by Gasteiger charge is 2.23. The second-order valence-corrected chi connectivity index (χ2v) is 7.92. The highest BCUT2D eigenvalue weighted by Crippen LogP contribution is 2.28. The fourth-order valence-corrected chi connectivity index (χ4v) is 3.91. The van der Waals surface area contributed by atoms with Gasteiger partial charge in [-0.15, -0.1) is 0 Å². The van der Waals surface area contributed by atoms with E-state index in [1.807, 2.05) is 43.0 Å². The number of thioether (sulfide) groups is 1. The molecule has 0 radical (unpaired) electrons. The monoisotopic (exact) mass is 402 g/mol. The number of anilines is 1. The lowest BCUT2D eigenvalue weighted by Crippen LogP contribution is -2.49. The quantitative estimate of drug-likeness (QED) is 0.590. The van der Waals surface area contributed by atoms with Crippen LogP contribution in [0.25, 0.3) is 0 Å². The van der Waals surface area contributed by atoms with Gasteiger partial charge in [0.05, 0.1) is 24.2 Å². The third kappa shape index (κ3) is 4.86. The summed E-state index contributed by atoms with van der Waals surface area (Å²) in [5.41, 5.74) is 1.61. The first kappa shape index (κ1) is 20.3. The second kappa shape index (κ2) is 9.14. The minimum Gasteiger partial charge on any atom is -0.495 e. The van der Waals surface area contributed by atoms with Crippen molar-refractivity contribution in [3.8, 4) is 5.75 Å². The maximum atomic E-state index is 12.6. The third-order valence-electron chi connectivity index (χ3n) is 4.72. The summed E-state index contributed by atoms with van der Waals surface area (Å²) in [5.74, 6) is 1.33. The molecule has 2 aromatic rings. The van der Waals surface area contributed by atoms with Gasteiger partial charge in [-0.3, -0.25) is 9.59 Å². The number of aromatic amines is 1. The van der Waals surface area contributed by atoms with E-state index in [-0.39, 0.29) is 23.1 Å². The maximum absolute atomic E-state index is 12.6. The standard InChI is InChI=1S/C20H26N4O3S/c1-14(2)15-12-18(25)22-20(21-15)28-13-19(26)24-10-8-23(9-11-24)16-6-4-5-7-17(16)27-3/h4-7,12,14H,8-11,13H2,1-3H3,(H,21,22,25). The number of rotatable bonds is 6. The molecule has 8 heteroatoms. The Labute approximate surface area is 169 Å². The number of nitrogens with zero attached hydrogens (tertiary/aromatic N) is 3. The van der Waals surface area contributed by atoms with Crippen LogP contribution in [0.4, 0.5) is 5.69 Å². The van der Waals surface area contributed by atoms with E-state index >= 15 is 0 Å².